The van der Waals surface area contributed by atoms with Gasteiger partial charge in [-0.2, -0.15) is 0 Å². The third kappa shape index (κ3) is 3.98. The molecule has 0 N–H and O–H groups in total. The van der Waals surface area contributed by atoms with Crippen LogP contribution in [0.3, 0.4) is 0 Å². The number of nitrogens with zero attached hydrogens (tertiary/aromatic N) is 5. The van der Waals surface area contributed by atoms with Crippen LogP contribution in [-0.2, 0) is 14.6 Å². The minimum atomic E-state index is -3.62. The van der Waals surface area contributed by atoms with Crippen molar-refractivity contribution in [3.8, 4) is 0 Å². The molecular formula is C23H25N5O4S. The summed E-state index contributed by atoms with van der Waals surface area (Å²) in [6.07, 6.45) is 5.45. The molecule has 1 saturated carbocycles. The largest absolute Gasteiger partial charge is 0.593 e. The molecule has 1 amide bonds. The minimum Gasteiger partial charge on any atom is -0.593 e. The Hall–Kier alpha value is -2.95. The normalized spacial score (nSPS) is 19.6. The van der Waals surface area contributed by atoms with Crippen LogP contribution in [0.5, 0.6) is 0 Å². The summed E-state index contributed by atoms with van der Waals surface area (Å²) >= 11 is 0. The molecule has 0 radical (unpaired) electrons. The van der Waals surface area contributed by atoms with Crippen LogP contribution < -0.4 is 5.56 Å². The van der Waals surface area contributed by atoms with E-state index in [0.29, 0.717) is 11.2 Å². The molecule has 1 saturated heterocycles. The van der Waals surface area contributed by atoms with E-state index in [9.17, 15) is 18.4 Å². The van der Waals surface area contributed by atoms with Gasteiger partial charge in [-0.3, -0.25) is 14.2 Å². The zero-order valence-electron chi connectivity index (χ0n) is 18.1. The van der Waals surface area contributed by atoms with Crippen LogP contribution in [-0.4, -0.2) is 60.4 Å². The lowest BCUT2D eigenvalue weighted by Gasteiger charge is -2.35. The van der Waals surface area contributed by atoms with Crippen LogP contribution in [0.4, 0.5) is 0 Å². The van der Waals surface area contributed by atoms with Crippen molar-refractivity contribution in [2.24, 2.45) is 0 Å². The second-order valence-electron chi connectivity index (χ2n) is 8.43. The summed E-state index contributed by atoms with van der Waals surface area (Å²) in [5.41, 5.74) is 0.474. The van der Waals surface area contributed by atoms with Crippen molar-refractivity contribution < 1.29 is 13.6 Å². The van der Waals surface area contributed by atoms with Crippen molar-refractivity contribution in [2.75, 3.05) is 26.2 Å². The van der Waals surface area contributed by atoms with Crippen molar-refractivity contribution in [1.82, 2.24) is 23.7 Å². The van der Waals surface area contributed by atoms with E-state index in [1.54, 1.807) is 53.2 Å². The minimum absolute atomic E-state index is 0.0114. The molecule has 172 valence electrons. The van der Waals surface area contributed by atoms with E-state index in [4.69, 9.17) is 0 Å². The predicted molar refractivity (Wildman–Crippen MR) is 122 cm³/mol. The Kier molecular flexibility index (Phi) is 5.81. The fraction of sp³-hybridized carbons (Fsp3) is 0.391. The number of amides is 1. The first-order chi connectivity index (χ1) is 16.0. The average Bonchev–Trinajstić information content (AvgIpc) is 3.38. The molecule has 3 heterocycles. The number of piperazine rings is 1. The fourth-order valence-corrected chi connectivity index (χ4v) is 6.15. The Bertz CT molecular complexity index is 1280. The predicted octanol–water partition coefficient (Wildman–Crippen LogP) is 2.27. The Morgan fingerprint density at radius 3 is 2.39 bits per heavy atom. The summed E-state index contributed by atoms with van der Waals surface area (Å²) in [4.78, 5) is 37.2. The lowest BCUT2D eigenvalue weighted by molar-refractivity contribution is 0.0684. The van der Waals surface area contributed by atoms with Gasteiger partial charge in [0.25, 0.3) is 11.5 Å². The Balaban J connectivity index is 1.41. The van der Waals surface area contributed by atoms with Crippen LogP contribution in [0, 0.1) is 0 Å². The van der Waals surface area contributed by atoms with E-state index >= 15 is 0 Å². The van der Waals surface area contributed by atoms with Gasteiger partial charge in [0.15, 0.2) is 26.6 Å². The van der Waals surface area contributed by atoms with Gasteiger partial charge in [-0.25, -0.2) is 9.97 Å². The highest BCUT2D eigenvalue weighted by atomic mass is 32.3. The van der Waals surface area contributed by atoms with Gasteiger partial charge in [-0.15, -0.1) is 4.31 Å². The Labute approximate surface area is 192 Å². The molecule has 0 bridgehead atoms. The number of pyridine rings is 1. The highest BCUT2D eigenvalue weighted by Crippen LogP contribution is 2.30. The first kappa shape index (κ1) is 21.9. The quantitative estimate of drug-likeness (QED) is 0.544. The SMILES string of the molecule is O=C(c1nc2cccnc2n(C2CCCC2)c1=O)N1CCN([S+](=O)([O-])c2ccccc2)CC1. The topological polar surface area (TPSA) is 111 Å². The third-order valence-corrected chi connectivity index (χ3v) is 8.36. The molecule has 1 aliphatic carbocycles. The number of aromatic nitrogens is 3. The molecule has 1 atom stereocenters. The maximum Gasteiger partial charge on any atom is 0.284 e. The van der Waals surface area contributed by atoms with Crippen LogP contribution >= 0.6 is 0 Å². The molecule has 1 unspecified atom stereocenters. The molecule has 2 aliphatic rings. The van der Waals surface area contributed by atoms with Gasteiger partial charge in [-0.1, -0.05) is 35.2 Å². The van der Waals surface area contributed by atoms with Gasteiger partial charge >= 0.3 is 0 Å². The second kappa shape index (κ2) is 8.77. The number of fused-ring (bicyclic) bond motifs is 1. The van der Waals surface area contributed by atoms with Crippen molar-refractivity contribution in [2.45, 2.75) is 36.6 Å². The first-order valence-electron chi connectivity index (χ1n) is 11.2. The van der Waals surface area contributed by atoms with Crippen molar-refractivity contribution in [1.29, 1.82) is 0 Å². The fourth-order valence-electron chi connectivity index (χ4n) is 4.70. The number of hydrogen-bond donors (Lipinski definition) is 0. The molecule has 9 nitrogen and oxygen atoms in total. The standard InChI is InChI=1S/C23H25N5O4S/c29-22(26-13-15-27(16-14-26)33(31,32)18-9-2-1-3-10-18)20-23(30)28(17-7-4-5-8-17)21-19(25-20)11-6-12-24-21/h1-3,6,9-12,17H,4-5,7-8,13-16H2. The molecule has 5 rings (SSSR count). The number of benzene rings is 1. The van der Waals surface area contributed by atoms with Gasteiger partial charge in [0, 0.05) is 25.3 Å². The van der Waals surface area contributed by atoms with Crippen molar-refractivity contribution in [3.05, 3.63) is 64.7 Å². The number of carbonyl (C=O) groups excluding carboxylic acids is 1. The van der Waals surface area contributed by atoms with Crippen LogP contribution in [0.15, 0.2) is 58.4 Å². The monoisotopic (exact) mass is 467 g/mol. The van der Waals surface area contributed by atoms with Gasteiger partial charge in [0.2, 0.25) is 0 Å². The molecule has 33 heavy (non-hydrogen) atoms. The van der Waals surface area contributed by atoms with Gasteiger partial charge in [0.05, 0.1) is 13.1 Å². The third-order valence-electron chi connectivity index (χ3n) is 6.45. The average molecular weight is 468 g/mol. The lowest BCUT2D eigenvalue weighted by Crippen LogP contribution is -2.53. The number of sulfonamides is 1. The molecular weight excluding hydrogens is 442 g/mol. The molecule has 10 heteroatoms. The summed E-state index contributed by atoms with van der Waals surface area (Å²) in [7, 11) is -3.62. The lowest BCUT2D eigenvalue weighted by atomic mass is 10.2. The van der Waals surface area contributed by atoms with Crippen LogP contribution in [0.1, 0.15) is 42.2 Å². The number of carbonyl (C=O) groups is 1. The summed E-state index contributed by atoms with van der Waals surface area (Å²) in [5.74, 6) is -0.464. The molecule has 1 aromatic carbocycles. The van der Waals surface area contributed by atoms with Gasteiger partial charge in [-0.05, 0) is 37.1 Å². The van der Waals surface area contributed by atoms with Crippen molar-refractivity contribution in [3.63, 3.8) is 0 Å². The van der Waals surface area contributed by atoms with Crippen molar-refractivity contribution >= 4 is 27.5 Å². The van der Waals surface area contributed by atoms with E-state index in [1.807, 2.05) is 0 Å². The van der Waals surface area contributed by atoms with E-state index in [1.165, 1.54) is 9.21 Å². The first-order valence-corrected chi connectivity index (χ1v) is 12.6. The number of hydrogen-bond acceptors (Lipinski definition) is 6. The molecule has 1 aliphatic heterocycles. The summed E-state index contributed by atoms with van der Waals surface area (Å²) < 4.78 is 28.8. The smallest absolute Gasteiger partial charge is 0.284 e. The summed E-state index contributed by atoms with van der Waals surface area (Å²) in [6, 6.07) is 11.8. The Morgan fingerprint density at radius 1 is 1.00 bits per heavy atom. The van der Waals surface area contributed by atoms with Crippen LogP contribution in [0.2, 0.25) is 0 Å². The second-order valence-corrected chi connectivity index (χ2v) is 10.4. The van der Waals surface area contributed by atoms with E-state index in [2.05, 4.69) is 9.97 Å². The van der Waals surface area contributed by atoms with E-state index in [0.717, 1.165) is 25.7 Å². The zero-order valence-corrected chi connectivity index (χ0v) is 18.9. The Morgan fingerprint density at radius 2 is 1.70 bits per heavy atom. The highest BCUT2D eigenvalue weighted by molar-refractivity contribution is 7.95. The van der Waals surface area contributed by atoms with E-state index < -0.39 is 21.9 Å². The molecule has 2 fully saturated rings. The van der Waals surface area contributed by atoms with Crippen LogP contribution in [0.25, 0.3) is 11.2 Å². The highest BCUT2D eigenvalue weighted by Gasteiger charge is 2.36. The molecule has 3 aromatic rings. The maximum atomic E-state index is 13.4. The molecule has 0 spiro atoms. The van der Waals surface area contributed by atoms with Gasteiger partial charge in [0.1, 0.15) is 5.52 Å². The molecule has 2 aromatic heterocycles. The zero-order chi connectivity index (χ0) is 23.0. The maximum absolute atomic E-state index is 13.4. The summed E-state index contributed by atoms with van der Waals surface area (Å²) in [5, 5.41) is 0. The van der Waals surface area contributed by atoms with E-state index in [-0.39, 0.29) is 42.8 Å². The number of rotatable bonds is 4. The van der Waals surface area contributed by atoms with Gasteiger partial charge < -0.3 is 9.45 Å². The summed E-state index contributed by atoms with van der Waals surface area (Å²) in [6.45, 7) is 0.713.